The summed E-state index contributed by atoms with van der Waals surface area (Å²) in [6.45, 7) is 6.91. The Labute approximate surface area is 109 Å². The van der Waals surface area contributed by atoms with Crippen LogP contribution in [0.25, 0.3) is 0 Å². The van der Waals surface area contributed by atoms with Crippen LogP contribution in [0, 0.1) is 11.8 Å². The SMILES string of the molecule is CC(C)C(C(=O)OC(C)(C)C)[C@@](F)(C(=O)O)N(F)F. The molecule has 0 aliphatic heterocycles. The van der Waals surface area contributed by atoms with Crippen molar-refractivity contribution in [2.45, 2.75) is 46.0 Å². The van der Waals surface area contributed by atoms with E-state index in [1.54, 1.807) is 0 Å². The van der Waals surface area contributed by atoms with Gasteiger partial charge in [-0.1, -0.05) is 22.8 Å². The molecule has 0 saturated heterocycles. The number of carbonyl (C=O) groups excluding carboxylic acids is 1. The molecule has 0 aliphatic rings. The van der Waals surface area contributed by atoms with Gasteiger partial charge in [0, 0.05) is 0 Å². The number of carbonyl (C=O) groups is 2. The Bertz CT molecular complexity index is 354. The highest BCUT2D eigenvalue weighted by atomic mass is 19.4. The van der Waals surface area contributed by atoms with Crippen LogP contribution < -0.4 is 0 Å². The molecule has 0 spiro atoms. The van der Waals surface area contributed by atoms with Gasteiger partial charge in [0.2, 0.25) is 0 Å². The molecule has 0 aromatic carbocycles. The first-order valence-electron chi connectivity index (χ1n) is 5.61. The summed E-state index contributed by atoms with van der Waals surface area (Å²) < 4.78 is 44.1. The molecule has 2 atom stereocenters. The summed E-state index contributed by atoms with van der Waals surface area (Å²) >= 11 is 0. The number of halogens is 3. The van der Waals surface area contributed by atoms with Gasteiger partial charge in [-0.2, -0.15) is 0 Å². The fourth-order valence-electron chi connectivity index (χ4n) is 1.55. The highest BCUT2D eigenvalue weighted by Gasteiger charge is 2.60. The van der Waals surface area contributed by atoms with E-state index in [0.717, 1.165) is 0 Å². The first kappa shape index (κ1) is 17.7. The minimum Gasteiger partial charge on any atom is -0.478 e. The molecular weight excluding hydrogens is 267 g/mol. The van der Waals surface area contributed by atoms with E-state index in [1.807, 2.05) is 0 Å². The number of nitrogens with zero attached hydrogens (tertiary/aromatic N) is 1. The van der Waals surface area contributed by atoms with E-state index < -0.39 is 40.5 Å². The van der Waals surface area contributed by atoms with Crippen molar-refractivity contribution in [1.82, 2.24) is 5.34 Å². The lowest BCUT2D eigenvalue weighted by Gasteiger charge is -2.32. The fraction of sp³-hybridized carbons (Fsp3) is 0.818. The number of rotatable bonds is 5. The number of alkyl halides is 1. The van der Waals surface area contributed by atoms with E-state index in [1.165, 1.54) is 34.6 Å². The number of carboxylic acid groups (broad SMARTS) is 1. The Morgan fingerprint density at radius 2 is 1.63 bits per heavy atom. The molecule has 0 aromatic heterocycles. The Hall–Kier alpha value is -1.31. The summed E-state index contributed by atoms with van der Waals surface area (Å²) in [5.41, 5.74) is -1.04. The molecule has 8 heteroatoms. The number of hydrogen-bond donors (Lipinski definition) is 1. The van der Waals surface area contributed by atoms with E-state index in [2.05, 4.69) is 0 Å². The number of aliphatic carboxylic acids is 1. The Balaban J connectivity index is 5.54. The summed E-state index contributed by atoms with van der Waals surface area (Å²) in [4.78, 5) is 22.5. The molecule has 0 fully saturated rings. The van der Waals surface area contributed by atoms with Crippen LogP contribution in [0.2, 0.25) is 0 Å². The second-order valence-corrected chi connectivity index (χ2v) is 5.47. The average molecular weight is 285 g/mol. The van der Waals surface area contributed by atoms with Gasteiger partial charge in [0.25, 0.3) is 0 Å². The second-order valence-electron chi connectivity index (χ2n) is 5.47. The van der Waals surface area contributed by atoms with Crippen LogP contribution in [0.4, 0.5) is 13.4 Å². The number of ether oxygens (including phenoxy) is 1. The quantitative estimate of drug-likeness (QED) is 0.477. The summed E-state index contributed by atoms with van der Waals surface area (Å²) in [5.74, 6) is -11.0. The molecule has 0 amide bonds. The normalized spacial score (nSPS) is 17.2. The molecular formula is C11H18F3NO4. The molecule has 0 rings (SSSR count). The monoisotopic (exact) mass is 285 g/mol. The van der Waals surface area contributed by atoms with Crippen LogP contribution >= 0.6 is 0 Å². The summed E-state index contributed by atoms with van der Waals surface area (Å²) in [7, 11) is 0. The van der Waals surface area contributed by atoms with E-state index in [9.17, 15) is 22.9 Å². The maximum Gasteiger partial charge on any atom is 0.363 e. The number of carboxylic acids is 1. The van der Waals surface area contributed by atoms with Gasteiger partial charge in [-0.15, -0.1) is 0 Å². The van der Waals surface area contributed by atoms with Crippen LogP contribution in [-0.4, -0.2) is 33.8 Å². The van der Waals surface area contributed by atoms with Crippen LogP contribution in [0.15, 0.2) is 0 Å². The van der Waals surface area contributed by atoms with Gasteiger partial charge < -0.3 is 9.84 Å². The third-order valence-electron chi connectivity index (χ3n) is 2.29. The predicted octanol–water partition coefficient (Wildman–Crippen LogP) is 2.42. The van der Waals surface area contributed by atoms with Gasteiger partial charge in [0.1, 0.15) is 11.5 Å². The summed E-state index contributed by atoms with van der Waals surface area (Å²) in [6, 6.07) is 0. The second kappa shape index (κ2) is 5.77. The van der Waals surface area contributed by atoms with E-state index in [-0.39, 0.29) is 0 Å². The lowest BCUT2D eigenvalue weighted by Crippen LogP contribution is -2.55. The topological polar surface area (TPSA) is 66.8 Å². The zero-order chi connectivity index (χ0) is 15.6. The summed E-state index contributed by atoms with van der Waals surface area (Å²) in [6.07, 6.45) is 0. The maximum absolute atomic E-state index is 14.1. The Kier molecular flexibility index (Phi) is 5.37. The lowest BCUT2D eigenvalue weighted by molar-refractivity contribution is -0.296. The molecule has 0 radical (unpaired) electrons. The van der Waals surface area contributed by atoms with E-state index in [4.69, 9.17) is 9.84 Å². The van der Waals surface area contributed by atoms with Crippen LogP contribution in [0.5, 0.6) is 0 Å². The van der Waals surface area contributed by atoms with Crippen molar-refractivity contribution in [3.63, 3.8) is 0 Å². The van der Waals surface area contributed by atoms with Crippen LogP contribution in [-0.2, 0) is 14.3 Å². The Morgan fingerprint density at radius 3 is 1.84 bits per heavy atom. The third kappa shape index (κ3) is 4.09. The van der Waals surface area contributed by atoms with Crippen molar-refractivity contribution >= 4 is 11.9 Å². The van der Waals surface area contributed by atoms with Crippen LogP contribution in [0.3, 0.4) is 0 Å². The van der Waals surface area contributed by atoms with Gasteiger partial charge in [-0.25, -0.2) is 9.18 Å². The zero-order valence-corrected chi connectivity index (χ0v) is 11.4. The largest absolute Gasteiger partial charge is 0.478 e. The van der Waals surface area contributed by atoms with Crippen molar-refractivity contribution < 1.29 is 32.8 Å². The minimum absolute atomic E-state index is 0.995. The molecule has 0 saturated carbocycles. The van der Waals surface area contributed by atoms with E-state index in [0.29, 0.717) is 0 Å². The standard InChI is InChI=1S/C11H18F3NO4/c1-6(2)7(8(16)19-10(3,4)5)11(12,9(17)18)15(13)14/h6-7H,1-5H3,(H,17,18)/t7?,11-/m0/s1. The van der Waals surface area contributed by atoms with Gasteiger partial charge >= 0.3 is 17.7 Å². The molecule has 19 heavy (non-hydrogen) atoms. The predicted molar refractivity (Wildman–Crippen MR) is 59.7 cm³/mol. The molecule has 0 heterocycles. The molecule has 5 nitrogen and oxygen atoms in total. The minimum atomic E-state index is -4.13. The molecule has 1 unspecified atom stereocenters. The smallest absolute Gasteiger partial charge is 0.363 e. The molecule has 0 aliphatic carbocycles. The third-order valence-corrected chi connectivity index (χ3v) is 2.29. The average Bonchev–Trinajstić information content (AvgIpc) is 2.12. The van der Waals surface area contributed by atoms with Gasteiger partial charge in [-0.3, -0.25) is 4.79 Å². The molecule has 112 valence electrons. The summed E-state index contributed by atoms with van der Waals surface area (Å²) in [5, 5.41) is 6.56. The highest BCUT2D eigenvalue weighted by Crippen LogP contribution is 2.35. The molecule has 0 bridgehead atoms. The highest BCUT2D eigenvalue weighted by molar-refractivity contribution is 5.86. The number of hydrogen-bond acceptors (Lipinski definition) is 4. The van der Waals surface area contributed by atoms with E-state index >= 15 is 0 Å². The Morgan fingerprint density at radius 1 is 1.21 bits per heavy atom. The lowest BCUT2D eigenvalue weighted by atomic mass is 9.86. The first-order valence-corrected chi connectivity index (χ1v) is 5.61. The van der Waals surface area contributed by atoms with Crippen molar-refractivity contribution in [3.05, 3.63) is 0 Å². The fourth-order valence-corrected chi connectivity index (χ4v) is 1.55. The zero-order valence-electron chi connectivity index (χ0n) is 11.4. The van der Waals surface area contributed by atoms with Crippen molar-refractivity contribution in [3.8, 4) is 0 Å². The van der Waals surface area contributed by atoms with Crippen molar-refractivity contribution in [2.24, 2.45) is 11.8 Å². The van der Waals surface area contributed by atoms with Crippen molar-refractivity contribution in [1.29, 1.82) is 0 Å². The van der Waals surface area contributed by atoms with Crippen LogP contribution in [0.1, 0.15) is 34.6 Å². The van der Waals surface area contributed by atoms with Crippen molar-refractivity contribution in [2.75, 3.05) is 0 Å². The molecule has 1 N–H and O–H groups in total. The van der Waals surface area contributed by atoms with Gasteiger partial charge in [-0.05, 0) is 26.7 Å². The first-order chi connectivity index (χ1) is 8.34. The number of esters is 1. The van der Waals surface area contributed by atoms with Gasteiger partial charge in [0.05, 0.1) is 5.34 Å². The van der Waals surface area contributed by atoms with Gasteiger partial charge in [0.15, 0.2) is 0 Å². The maximum atomic E-state index is 14.1. The molecule has 0 aromatic rings.